The lowest BCUT2D eigenvalue weighted by Gasteiger charge is -2.03. The van der Waals surface area contributed by atoms with Crippen LogP contribution < -0.4 is 10.2 Å². The molecule has 0 fully saturated rings. The summed E-state index contributed by atoms with van der Waals surface area (Å²) >= 11 is 0. The van der Waals surface area contributed by atoms with E-state index in [0.29, 0.717) is 5.76 Å². The van der Waals surface area contributed by atoms with Crippen LogP contribution in [-0.2, 0) is 6.61 Å². The summed E-state index contributed by atoms with van der Waals surface area (Å²) in [7, 11) is 0. The molecule has 0 radical (unpaired) electrons. The van der Waals surface area contributed by atoms with Crippen LogP contribution in [0.2, 0.25) is 0 Å². The van der Waals surface area contributed by atoms with Gasteiger partial charge in [0.15, 0.2) is 5.76 Å². The first kappa shape index (κ1) is 15.1. The first-order valence-electron chi connectivity index (χ1n) is 7.51. The number of carbonyl (C=O) groups excluding carboxylic acids is 1. The minimum absolute atomic E-state index is 0.222. The standard InChI is InChI=1S/C18H18N2O3/c1-13-7-8-14(11-13)19-20-18(21)17-10-9-16(23-17)12-22-15-5-3-2-4-6-15/h2-6,9-11H,7-8,12H2,1H3,(H,20,21)/b19-14+. The number of carbonyl (C=O) groups is 1. The van der Waals surface area contributed by atoms with Gasteiger partial charge in [0.25, 0.3) is 0 Å². The first-order valence-corrected chi connectivity index (χ1v) is 7.51. The molecule has 5 heteroatoms. The van der Waals surface area contributed by atoms with Crippen molar-refractivity contribution in [3.8, 4) is 5.75 Å². The van der Waals surface area contributed by atoms with Crippen molar-refractivity contribution in [3.05, 3.63) is 65.6 Å². The Morgan fingerprint density at radius 1 is 1.22 bits per heavy atom. The Morgan fingerprint density at radius 2 is 2.04 bits per heavy atom. The second-order valence-electron chi connectivity index (χ2n) is 5.40. The van der Waals surface area contributed by atoms with Gasteiger partial charge < -0.3 is 9.15 Å². The van der Waals surface area contributed by atoms with Gasteiger partial charge in [-0.2, -0.15) is 5.10 Å². The molecule has 0 aliphatic heterocycles. The van der Waals surface area contributed by atoms with E-state index in [1.165, 1.54) is 5.57 Å². The molecule has 5 nitrogen and oxygen atoms in total. The van der Waals surface area contributed by atoms with E-state index in [4.69, 9.17) is 9.15 Å². The fourth-order valence-electron chi connectivity index (χ4n) is 2.27. The van der Waals surface area contributed by atoms with Crippen molar-refractivity contribution in [2.75, 3.05) is 0 Å². The number of ether oxygens (including phenoxy) is 1. The highest BCUT2D eigenvalue weighted by molar-refractivity contribution is 5.99. The lowest BCUT2D eigenvalue weighted by atomic mass is 10.3. The Bertz CT molecular complexity index is 745. The number of nitrogens with one attached hydrogen (secondary N) is 1. The molecule has 1 N–H and O–H groups in total. The topological polar surface area (TPSA) is 63.8 Å². The van der Waals surface area contributed by atoms with Crippen LogP contribution in [0.25, 0.3) is 0 Å². The molecule has 1 aromatic heterocycles. The molecule has 0 saturated heterocycles. The Labute approximate surface area is 134 Å². The molecule has 1 aromatic carbocycles. The van der Waals surface area contributed by atoms with E-state index in [9.17, 15) is 4.79 Å². The number of allylic oxidation sites excluding steroid dienone is 2. The number of hydrogen-bond acceptors (Lipinski definition) is 4. The predicted octanol–water partition coefficient (Wildman–Crippen LogP) is 3.68. The number of furan rings is 1. The van der Waals surface area contributed by atoms with Gasteiger partial charge in [-0.1, -0.05) is 23.8 Å². The van der Waals surface area contributed by atoms with Crippen LogP contribution in [0.3, 0.4) is 0 Å². The van der Waals surface area contributed by atoms with E-state index < -0.39 is 0 Å². The lowest BCUT2D eigenvalue weighted by molar-refractivity contribution is 0.0923. The molecular weight excluding hydrogens is 292 g/mol. The number of rotatable bonds is 5. The van der Waals surface area contributed by atoms with Gasteiger partial charge in [-0.25, -0.2) is 5.43 Å². The van der Waals surface area contributed by atoms with E-state index in [-0.39, 0.29) is 18.3 Å². The smallest absolute Gasteiger partial charge is 0.307 e. The minimum Gasteiger partial charge on any atom is -0.486 e. The molecular formula is C18H18N2O3. The summed E-state index contributed by atoms with van der Waals surface area (Å²) in [6.45, 7) is 2.32. The average Bonchev–Trinajstić information content (AvgIpc) is 3.21. The van der Waals surface area contributed by atoms with E-state index in [0.717, 1.165) is 24.3 Å². The van der Waals surface area contributed by atoms with E-state index >= 15 is 0 Å². The molecule has 1 aliphatic rings. The molecule has 23 heavy (non-hydrogen) atoms. The Balaban J connectivity index is 1.55. The van der Waals surface area contributed by atoms with Crippen LogP contribution in [-0.4, -0.2) is 11.6 Å². The highest BCUT2D eigenvalue weighted by Crippen LogP contribution is 2.15. The molecule has 0 atom stereocenters. The maximum Gasteiger partial charge on any atom is 0.307 e. The second-order valence-corrected chi connectivity index (χ2v) is 5.40. The molecule has 0 bridgehead atoms. The summed E-state index contributed by atoms with van der Waals surface area (Å²) in [5.74, 6) is 1.20. The van der Waals surface area contributed by atoms with Crippen molar-refractivity contribution in [1.82, 2.24) is 5.43 Å². The molecule has 2 aromatic rings. The molecule has 1 aliphatic carbocycles. The summed E-state index contributed by atoms with van der Waals surface area (Å²) in [6, 6.07) is 12.8. The third-order valence-electron chi connectivity index (χ3n) is 3.50. The van der Waals surface area contributed by atoms with Crippen LogP contribution in [0.1, 0.15) is 36.1 Å². The van der Waals surface area contributed by atoms with E-state index in [1.54, 1.807) is 12.1 Å². The molecule has 118 valence electrons. The Kier molecular flexibility index (Phi) is 4.57. The quantitative estimate of drug-likeness (QED) is 0.857. The fourth-order valence-corrected chi connectivity index (χ4v) is 2.27. The number of hydrazone groups is 1. The largest absolute Gasteiger partial charge is 0.486 e. The normalized spacial score (nSPS) is 15.5. The number of amides is 1. The van der Waals surface area contributed by atoms with Crippen molar-refractivity contribution in [1.29, 1.82) is 0 Å². The average molecular weight is 310 g/mol. The zero-order valence-corrected chi connectivity index (χ0v) is 12.9. The third-order valence-corrected chi connectivity index (χ3v) is 3.50. The third kappa shape index (κ3) is 4.10. The number of hydrogen-bond donors (Lipinski definition) is 1. The highest BCUT2D eigenvalue weighted by Gasteiger charge is 2.12. The highest BCUT2D eigenvalue weighted by atomic mass is 16.5. The minimum atomic E-state index is -0.360. The molecule has 0 spiro atoms. The second kappa shape index (κ2) is 6.96. The summed E-state index contributed by atoms with van der Waals surface area (Å²) in [4.78, 5) is 12.0. The summed E-state index contributed by atoms with van der Waals surface area (Å²) in [5, 5.41) is 4.10. The maximum atomic E-state index is 12.0. The van der Waals surface area contributed by atoms with Gasteiger partial charge in [0.2, 0.25) is 0 Å². The van der Waals surface area contributed by atoms with Gasteiger partial charge in [0.1, 0.15) is 18.1 Å². The van der Waals surface area contributed by atoms with Crippen molar-refractivity contribution in [2.45, 2.75) is 26.4 Å². The van der Waals surface area contributed by atoms with Crippen LogP contribution >= 0.6 is 0 Å². The van der Waals surface area contributed by atoms with Crippen molar-refractivity contribution in [3.63, 3.8) is 0 Å². The van der Waals surface area contributed by atoms with Gasteiger partial charge in [-0.05, 0) is 50.1 Å². The van der Waals surface area contributed by atoms with E-state index in [2.05, 4.69) is 17.5 Å². The zero-order valence-electron chi connectivity index (χ0n) is 12.9. The van der Waals surface area contributed by atoms with Gasteiger partial charge >= 0.3 is 5.91 Å². The number of para-hydroxylation sites is 1. The number of nitrogens with zero attached hydrogens (tertiary/aromatic N) is 1. The van der Waals surface area contributed by atoms with Crippen LogP contribution in [0.4, 0.5) is 0 Å². The monoisotopic (exact) mass is 310 g/mol. The maximum absolute atomic E-state index is 12.0. The van der Waals surface area contributed by atoms with Gasteiger partial charge in [-0.15, -0.1) is 0 Å². The Hall–Kier alpha value is -2.82. The SMILES string of the molecule is CC1=C/C(=N/NC(=O)c2ccc(COc3ccccc3)o2)CC1. The summed E-state index contributed by atoms with van der Waals surface area (Å²) in [5.41, 5.74) is 4.68. The molecule has 0 saturated carbocycles. The van der Waals surface area contributed by atoms with Crippen LogP contribution in [0, 0.1) is 0 Å². The Morgan fingerprint density at radius 3 is 2.78 bits per heavy atom. The van der Waals surface area contributed by atoms with Crippen LogP contribution in [0.5, 0.6) is 5.75 Å². The molecule has 3 rings (SSSR count). The van der Waals surface area contributed by atoms with E-state index in [1.807, 2.05) is 36.4 Å². The van der Waals surface area contributed by atoms with Crippen LogP contribution in [0.15, 0.2) is 63.6 Å². The fraction of sp³-hybridized carbons (Fsp3) is 0.222. The number of benzene rings is 1. The van der Waals surface area contributed by atoms with Crippen molar-refractivity contribution < 1.29 is 13.9 Å². The molecule has 1 heterocycles. The first-order chi connectivity index (χ1) is 11.2. The lowest BCUT2D eigenvalue weighted by Crippen LogP contribution is -2.18. The molecule has 0 unspecified atom stereocenters. The van der Waals surface area contributed by atoms with Gasteiger partial charge in [0, 0.05) is 0 Å². The predicted molar refractivity (Wildman–Crippen MR) is 87.4 cm³/mol. The van der Waals surface area contributed by atoms with Gasteiger partial charge in [0.05, 0.1) is 5.71 Å². The summed E-state index contributed by atoms with van der Waals surface area (Å²) in [6.07, 6.45) is 3.85. The zero-order chi connectivity index (χ0) is 16.1. The summed E-state index contributed by atoms with van der Waals surface area (Å²) < 4.78 is 11.1. The molecule has 1 amide bonds. The van der Waals surface area contributed by atoms with Crippen molar-refractivity contribution >= 4 is 11.6 Å². The van der Waals surface area contributed by atoms with Gasteiger partial charge in [-0.3, -0.25) is 4.79 Å². The van der Waals surface area contributed by atoms with Crippen molar-refractivity contribution in [2.24, 2.45) is 5.10 Å².